The van der Waals surface area contributed by atoms with E-state index in [1.54, 1.807) is 0 Å². The maximum Gasteiger partial charge on any atom is 0.134 e. The van der Waals surface area contributed by atoms with Crippen molar-refractivity contribution < 1.29 is 35.1 Å². The quantitative estimate of drug-likeness (QED) is 0.188. The van der Waals surface area contributed by atoms with E-state index in [1.165, 1.54) is 0 Å². The summed E-state index contributed by atoms with van der Waals surface area (Å²) in [5.74, 6) is -7.20. The first-order valence-electron chi connectivity index (χ1n) is 10.5. The Kier molecular flexibility index (Phi) is 8.07. The van der Waals surface area contributed by atoms with E-state index in [0.717, 1.165) is 48.5 Å². The largest absolute Gasteiger partial charge is 0.207 e. The first-order valence-corrected chi connectivity index (χ1v) is 13.5. The Morgan fingerprint density at radius 3 is 0.778 bits per heavy atom. The zero-order valence-corrected chi connectivity index (χ0v) is 20.0. The molecule has 0 nitrogen and oxygen atoms in total. The van der Waals surface area contributed by atoms with Gasteiger partial charge < -0.3 is 0 Å². The monoisotopic (exact) mass is 542 g/mol. The van der Waals surface area contributed by atoms with Crippen LogP contribution in [0.3, 0.4) is 0 Å². The molecule has 0 unspecified atom stereocenters. The molecule has 0 aliphatic heterocycles. The smallest absolute Gasteiger partial charge is 0.134 e. The summed E-state index contributed by atoms with van der Waals surface area (Å²) in [6.45, 7) is 0. The lowest BCUT2D eigenvalue weighted by Gasteiger charge is -2.25. The molecule has 0 heterocycles. The molecule has 0 atom stereocenters. The van der Waals surface area contributed by atoms with E-state index in [4.69, 9.17) is 0 Å². The lowest BCUT2D eigenvalue weighted by atomic mass is 10.3. The second-order valence-corrected chi connectivity index (χ2v) is 12.2. The Hall–Kier alpha value is -2.82. The van der Waals surface area contributed by atoms with Crippen LogP contribution in [0.2, 0.25) is 0 Å². The van der Waals surface area contributed by atoms with Crippen LogP contribution in [0.25, 0.3) is 0 Å². The molecule has 0 aromatic heterocycles. The Morgan fingerprint density at radius 2 is 0.583 bits per heavy atom. The minimum atomic E-state index is -1.92. The maximum atomic E-state index is 14.8. The average molecular weight is 542 g/mol. The first kappa shape index (κ1) is 26.2. The summed E-state index contributed by atoms with van der Waals surface area (Å²) in [6.07, 6.45) is -0.0838. The summed E-state index contributed by atoms with van der Waals surface area (Å²) < 4.78 is 113. The van der Waals surface area contributed by atoms with E-state index in [2.05, 4.69) is 0 Å². The summed E-state index contributed by atoms with van der Waals surface area (Å²) in [6, 6.07) is 11.1. The zero-order valence-electron chi connectivity index (χ0n) is 18.3. The van der Waals surface area contributed by atoms with Gasteiger partial charge in [0, 0.05) is 45.5 Å². The topological polar surface area (TPSA) is 0 Å². The molecule has 0 aliphatic carbocycles. The molecule has 4 aromatic carbocycles. The van der Waals surface area contributed by atoms with Crippen molar-refractivity contribution in [1.29, 1.82) is 0 Å². The van der Waals surface area contributed by atoms with Crippen LogP contribution in [0.1, 0.15) is 0 Å². The molecule has 0 fully saturated rings. The highest BCUT2D eigenvalue weighted by Crippen LogP contribution is 2.43. The predicted octanol–water partition coefficient (Wildman–Crippen LogP) is 6.37. The standard InChI is InChI=1S/C26H16F8P2/c27-15-1-5-23(19(31)11-15)35(24-6-2-16(28)12-20(24)32)9-10-36(25-7-3-17(29)13-21(25)33)26-8-4-18(30)14-22(26)34/h1-8,11-14H,9-10H2. The molecule has 0 aliphatic rings. The minimum Gasteiger partial charge on any atom is -0.207 e. The van der Waals surface area contributed by atoms with Gasteiger partial charge in [-0.3, -0.25) is 0 Å². The summed E-state index contributed by atoms with van der Waals surface area (Å²) in [5.41, 5.74) is 0. The van der Waals surface area contributed by atoms with Gasteiger partial charge in [-0.1, -0.05) is 0 Å². The number of rotatable bonds is 7. The molecule has 186 valence electrons. The average Bonchev–Trinajstić information content (AvgIpc) is 2.79. The molecule has 4 rings (SSSR count). The van der Waals surface area contributed by atoms with Crippen LogP contribution in [0.15, 0.2) is 72.8 Å². The SMILES string of the molecule is Fc1ccc(P(CCP(c2ccc(F)cc2F)c2ccc(F)cc2F)c2ccc(F)cc2F)c(F)c1. The van der Waals surface area contributed by atoms with E-state index in [0.29, 0.717) is 24.3 Å². The summed E-state index contributed by atoms with van der Waals surface area (Å²) in [4.78, 5) is 0. The van der Waals surface area contributed by atoms with Crippen LogP contribution >= 0.6 is 15.8 Å². The van der Waals surface area contributed by atoms with Crippen molar-refractivity contribution in [2.75, 3.05) is 12.3 Å². The fourth-order valence-electron chi connectivity index (χ4n) is 3.74. The fraction of sp³-hybridized carbons (Fsp3) is 0.0769. The van der Waals surface area contributed by atoms with Crippen molar-refractivity contribution in [1.82, 2.24) is 0 Å². The third-order valence-electron chi connectivity index (χ3n) is 5.35. The third kappa shape index (κ3) is 5.77. The Morgan fingerprint density at radius 1 is 0.361 bits per heavy atom. The fourth-order valence-corrected chi connectivity index (χ4v) is 9.13. The van der Waals surface area contributed by atoms with E-state index in [-0.39, 0.29) is 33.5 Å². The van der Waals surface area contributed by atoms with Gasteiger partial charge in [0.15, 0.2) is 0 Å². The van der Waals surface area contributed by atoms with Crippen LogP contribution in [-0.2, 0) is 0 Å². The van der Waals surface area contributed by atoms with Gasteiger partial charge in [0.2, 0.25) is 0 Å². The highest BCUT2D eigenvalue weighted by Gasteiger charge is 2.27. The molecule has 0 saturated heterocycles. The molecule has 0 radical (unpaired) electrons. The lowest BCUT2D eigenvalue weighted by molar-refractivity contribution is 0.586. The van der Waals surface area contributed by atoms with Gasteiger partial charge in [-0.2, -0.15) is 0 Å². The molecule has 0 amide bonds. The van der Waals surface area contributed by atoms with Crippen molar-refractivity contribution in [2.24, 2.45) is 0 Å². The number of halogens is 8. The Bertz CT molecular complexity index is 1200. The van der Waals surface area contributed by atoms with Gasteiger partial charge in [0.25, 0.3) is 0 Å². The summed E-state index contributed by atoms with van der Waals surface area (Å²) in [5, 5.41) is -0.144. The molecule has 10 heteroatoms. The summed E-state index contributed by atoms with van der Waals surface area (Å²) >= 11 is 0. The molecule has 0 spiro atoms. The first-order chi connectivity index (χ1) is 17.1. The second kappa shape index (κ2) is 11.1. The molecule has 0 bridgehead atoms. The van der Waals surface area contributed by atoms with Gasteiger partial charge >= 0.3 is 0 Å². The number of hydrogen-bond acceptors (Lipinski definition) is 0. The van der Waals surface area contributed by atoms with Crippen molar-refractivity contribution >= 4 is 37.1 Å². The van der Waals surface area contributed by atoms with Crippen LogP contribution in [-0.4, -0.2) is 12.3 Å². The Balaban J connectivity index is 1.80. The van der Waals surface area contributed by atoms with Crippen molar-refractivity contribution in [3.63, 3.8) is 0 Å². The van der Waals surface area contributed by atoms with Gasteiger partial charge in [0.1, 0.15) is 46.5 Å². The van der Waals surface area contributed by atoms with Crippen molar-refractivity contribution in [2.45, 2.75) is 0 Å². The lowest BCUT2D eigenvalue weighted by Crippen LogP contribution is -2.25. The van der Waals surface area contributed by atoms with Gasteiger partial charge in [0.05, 0.1) is 0 Å². The summed E-state index contributed by atoms with van der Waals surface area (Å²) in [7, 11) is -3.84. The van der Waals surface area contributed by atoms with Gasteiger partial charge in [-0.05, 0) is 76.7 Å². The van der Waals surface area contributed by atoms with Crippen LogP contribution in [0, 0.1) is 46.5 Å². The third-order valence-corrected chi connectivity index (χ3v) is 10.8. The van der Waals surface area contributed by atoms with Crippen LogP contribution in [0.4, 0.5) is 35.1 Å². The molecule has 0 N–H and O–H groups in total. The normalized spacial score (nSPS) is 11.5. The molecular weight excluding hydrogens is 526 g/mol. The molecular formula is C26H16F8P2. The predicted molar refractivity (Wildman–Crippen MR) is 128 cm³/mol. The molecule has 0 saturated carbocycles. The van der Waals surface area contributed by atoms with Crippen molar-refractivity contribution in [3.8, 4) is 0 Å². The highest BCUT2D eigenvalue weighted by atomic mass is 31.1. The van der Waals surface area contributed by atoms with E-state index < -0.39 is 62.4 Å². The van der Waals surface area contributed by atoms with E-state index >= 15 is 0 Å². The Labute approximate surface area is 204 Å². The van der Waals surface area contributed by atoms with Gasteiger partial charge in [-0.15, -0.1) is 0 Å². The van der Waals surface area contributed by atoms with Crippen molar-refractivity contribution in [3.05, 3.63) is 119 Å². The molecule has 36 heavy (non-hydrogen) atoms. The van der Waals surface area contributed by atoms with Gasteiger partial charge in [-0.25, -0.2) is 35.1 Å². The van der Waals surface area contributed by atoms with Crippen LogP contribution in [0.5, 0.6) is 0 Å². The highest BCUT2D eigenvalue weighted by molar-refractivity contribution is 7.76. The van der Waals surface area contributed by atoms with E-state index in [1.807, 2.05) is 0 Å². The van der Waals surface area contributed by atoms with E-state index in [9.17, 15) is 35.1 Å². The van der Waals surface area contributed by atoms with Crippen LogP contribution < -0.4 is 21.2 Å². The molecule has 4 aromatic rings. The minimum absolute atomic E-state index is 0.0361. The number of hydrogen-bond donors (Lipinski definition) is 0. The number of benzene rings is 4. The second-order valence-electron chi connectivity index (χ2n) is 7.69. The maximum absolute atomic E-state index is 14.8. The zero-order chi connectivity index (χ0) is 26.0.